The van der Waals surface area contributed by atoms with E-state index in [0.717, 1.165) is 49.2 Å². The Morgan fingerprint density at radius 2 is 1.94 bits per heavy atom. The number of aryl methyl sites for hydroxylation is 1. The fraction of sp³-hybridized carbons (Fsp3) is 0.458. The SMILES string of the molecule is Cc1ccccc1CN=C(NCC1CCN(C)C1)Nc1ccc2c(c1)OCCCO2.I. The van der Waals surface area contributed by atoms with Crippen LogP contribution in [0.25, 0.3) is 0 Å². The Morgan fingerprint density at radius 1 is 1.13 bits per heavy atom. The van der Waals surface area contributed by atoms with Crippen LogP contribution in [0.15, 0.2) is 47.5 Å². The molecule has 0 amide bonds. The van der Waals surface area contributed by atoms with E-state index in [1.807, 2.05) is 18.2 Å². The number of ether oxygens (including phenoxy) is 2. The van der Waals surface area contributed by atoms with Gasteiger partial charge in [0.15, 0.2) is 17.5 Å². The average Bonchev–Trinajstić information content (AvgIpc) is 3.02. The second kappa shape index (κ2) is 11.6. The van der Waals surface area contributed by atoms with E-state index in [9.17, 15) is 0 Å². The van der Waals surface area contributed by atoms with Gasteiger partial charge in [-0.05, 0) is 56.1 Å². The summed E-state index contributed by atoms with van der Waals surface area (Å²) in [6.45, 7) is 7.34. The van der Waals surface area contributed by atoms with Crippen LogP contribution in [0, 0.1) is 12.8 Å². The van der Waals surface area contributed by atoms with Crippen molar-refractivity contribution in [1.29, 1.82) is 0 Å². The maximum atomic E-state index is 5.84. The van der Waals surface area contributed by atoms with E-state index in [2.05, 4.69) is 53.8 Å². The highest BCUT2D eigenvalue weighted by Gasteiger charge is 2.19. The van der Waals surface area contributed by atoms with E-state index in [0.29, 0.717) is 25.7 Å². The lowest BCUT2D eigenvalue weighted by molar-refractivity contribution is 0.297. The van der Waals surface area contributed by atoms with Gasteiger partial charge in [-0.3, -0.25) is 0 Å². The smallest absolute Gasteiger partial charge is 0.196 e. The number of likely N-dealkylation sites (tertiary alicyclic amines) is 1. The van der Waals surface area contributed by atoms with E-state index >= 15 is 0 Å². The lowest BCUT2D eigenvalue weighted by Crippen LogP contribution is -2.35. The number of fused-ring (bicyclic) bond motifs is 1. The molecule has 6 nitrogen and oxygen atoms in total. The minimum absolute atomic E-state index is 0. The molecule has 2 N–H and O–H groups in total. The molecule has 4 rings (SSSR count). The highest BCUT2D eigenvalue weighted by atomic mass is 127. The van der Waals surface area contributed by atoms with Gasteiger partial charge < -0.3 is 25.0 Å². The van der Waals surface area contributed by atoms with Crippen molar-refractivity contribution in [3.8, 4) is 11.5 Å². The van der Waals surface area contributed by atoms with E-state index in [4.69, 9.17) is 14.5 Å². The molecule has 1 saturated heterocycles. The second-order valence-corrected chi connectivity index (χ2v) is 8.23. The fourth-order valence-corrected chi connectivity index (χ4v) is 3.90. The van der Waals surface area contributed by atoms with Gasteiger partial charge >= 0.3 is 0 Å². The Balaban J connectivity index is 0.00000272. The molecular formula is C24H33IN4O2. The Bertz CT molecular complexity index is 890. The van der Waals surface area contributed by atoms with Crippen molar-refractivity contribution in [2.24, 2.45) is 10.9 Å². The van der Waals surface area contributed by atoms with Crippen molar-refractivity contribution in [2.45, 2.75) is 26.3 Å². The summed E-state index contributed by atoms with van der Waals surface area (Å²) in [5, 5.41) is 7.02. The highest BCUT2D eigenvalue weighted by molar-refractivity contribution is 14.0. The molecule has 0 aliphatic carbocycles. The van der Waals surface area contributed by atoms with Crippen molar-refractivity contribution in [1.82, 2.24) is 10.2 Å². The molecular weight excluding hydrogens is 503 g/mol. The van der Waals surface area contributed by atoms with Crippen molar-refractivity contribution >= 4 is 35.6 Å². The fourth-order valence-electron chi connectivity index (χ4n) is 3.90. The van der Waals surface area contributed by atoms with Crippen molar-refractivity contribution in [3.05, 3.63) is 53.6 Å². The van der Waals surface area contributed by atoms with Gasteiger partial charge in [0, 0.05) is 31.3 Å². The first-order chi connectivity index (χ1) is 14.7. The lowest BCUT2D eigenvalue weighted by Gasteiger charge is -2.17. The van der Waals surface area contributed by atoms with Gasteiger partial charge in [0.05, 0.1) is 19.8 Å². The summed E-state index contributed by atoms with van der Waals surface area (Å²) < 4.78 is 11.6. The first-order valence-corrected chi connectivity index (χ1v) is 10.9. The molecule has 0 radical (unpaired) electrons. The van der Waals surface area contributed by atoms with Crippen LogP contribution in [0.3, 0.4) is 0 Å². The molecule has 2 aromatic carbocycles. The van der Waals surface area contributed by atoms with Crippen molar-refractivity contribution < 1.29 is 9.47 Å². The normalized spacial score (nSPS) is 18.8. The number of rotatable bonds is 5. The summed E-state index contributed by atoms with van der Waals surface area (Å²) in [7, 11) is 2.18. The topological polar surface area (TPSA) is 58.1 Å². The number of hydrogen-bond donors (Lipinski definition) is 2. The summed E-state index contributed by atoms with van der Waals surface area (Å²) >= 11 is 0. The second-order valence-electron chi connectivity index (χ2n) is 8.23. The van der Waals surface area contributed by atoms with Crippen LogP contribution in [0.4, 0.5) is 5.69 Å². The van der Waals surface area contributed by atoms with Crippen LogP contribution >= 0.6 is 24.0 Å². The van der Waals surface area contributed by atoms with Gasteiger partial charge in [-0.1, -0.05) is 24.3 Å². The maximum absolute atomic E-state index is 5.84. The molecule has 7 heteroatoms. The van der Waals surface area contributed by atoms with E-state index < -0.39 is 0 Å². The summed E-state index contributed by atoms with van der Waals surface area (Å²) in [5.74, 6) is 3.03. The largest absolute Gasteiger partial charge is 0.490 e. The number of aliphatic imine (C=N–C) groups is 1. The number of nitrogens with zero attached hydrogens (tertiary/aromatic N) is 2. The quantitative estimate of drug-likeness (QED) is 0.340. The molecule has 1 atom stereocenters. The summed E-state index contributed by atoms with van der Waals surface area (Å²) in [6, 6.07) is 14.4. The van der Waals surface area contributed by atoms with Gasteiger partial charge in [0.25, 0.3) is 0 Å². The molecule has 0 saturated carbocycles. The molecule has 0 spiro atoms. The van der Waals surface area contributed by atoms with E-state index in [-0.39, 0.29) is 24.0 Å². The molecule has 2 aliphatic rings. The summed E-state index contributed by atoms with van der Waals surface area (Å²) in [4.78, 5) is 7.25. The summed E-state index contributed by atoms with van der Waals surface area (Å²) in [6.07, 6.45) is 2.12. The maximum Gasteiger partial charge on any atom is 0.196 e. The molecule has 31 heavy (non-hydrogen) atoms. The number of benzene rings is 2. The number of nitrogens with one attached hydrogen (secondary N) is 2. The molecule has 2 aromatic rings. The number of halogens is 1. The van der Waals surface area contributed by atoms with E-state index in [1.54, 1.807) is 0 Å². The van der Waals surface area contributed by atoms with Gasteiger partial charge in [0.1, 0.15) is 0 Å². The van der Waals surface area contributed by atoms with Gasteiger partial charge in [-0.2, -0.15) is 0 Å². The highest BCUT2D eigenvalue weighted by Crippen LogP contribution is 2.32. The van der Waals surface area contributed by atoms with Crippen LogP contribution < -0.4 is 20.1 Å². The van der Waals surface area contributed by atoms with Gasteiger partial charge in [-0.25, -0.2) is 4.99 Å². The lowest BCUT2D eigenvalue weighted by atomic mass is 10.1. The van der Waals surface area contributed by atoms with Crippen LogP contribution in [-0.4, -0.2) is 50.8 Å². The van der Waals surface area contributed by atoms with E-state index in [1.165, 1.54) is 17.5 Å². The number of hydrogen-bond acceptors (Lipinski definition) is 4. The van der Waals surface area contributed by atoms with Crippen LogP contribution in [0.2, 0.25) is 0 Å². The zero-order valence-electron chi connectivity index (χ0n) is 18.4. The first kappa shape index (κ1) is 23.7. The zero-order valence-corrected chi connectivity index (χ0v) is 20.7. The molecule has 0 bridgehead atoms. The summed E-state index contributed by atoms with van der Waals surface area (Å²) in [5.41, 5.74) is 3.44. The van der Waals surface area contributed by atoms with Crippen molar-refractivity contribution in [3.63, 3.8) is 0 Å². The molecule has 2 aliphatic heterocycles. The Morgan fingerprint density at radius 3 is 2.71 bits per heavy atom. The molecule has 2 heterocycles. The number of guanidine groups is 1. The van der Waals surface area contributed by atoms with Crippen LogP contribution in [0.1, 0.15) is 24.0 Å². The first-order valence-electron chi connectivity index (χ1n) is 10.9. The molecule has 1 unspecified atom stereocenters. The van der Waals surface area contributed by atoms with Crippen LogP contribution in [-0.2, 0) is 6.54 Å². The monoisotopic (exact) mass is 536 g/mol. The standard InChI is InChI=1S/C24H32N4O2.HI/c1-18-6-3-4-7-20(18)16-26-24(25-15-19-10-11-28(2)17-19)27-21-8-9-22-23(14-21)30-13-5-12-29-22;/h3-4,6-9,14,19H,5,10-13,15-17H2,1-2H3,(H2,25,26,27);1H. The predicted octanol–water partition coefficient (Wildman–Crippen LogP) is 4.28. The molecule has 0 aromatic heterocycles. The van der Waals surface area contributed by atoms with Crippen molar-refractivity contribution in [2.75, 3.05) is 45.2 Å². The van der Waals surface area contributed by atoms with Gasteiger partial charge in [-0.15, -0.1) is 24.0 Å². The Labute approximate surface area is 202 Å². The average molecular weight is 536 g/mol. The third kappa shape index (κ3) is 6.74. The third-order valence-electron chi connectivity index (χ3n) is 5.73. The zero-order chi connectivity index (χ0) is 20.8. The Hall–Kier alpha value is -2.00. The molecule has 1 fully saturated rings. The number of anilines is 1. The third-order valence-corrected chi connectivity index (χ3v) is 5.73. The molecule has 168 valence electrons. The minimum Gasteiger partial charge on any atom is -0.490 e. The Kier molecular flexibility index (Phi) is 8.83. The predicted molar refractivity (Wildman–Crippen MR) is 137 cm³/mol. The van der Waals surface area contributed by atoms with Gasteiger partial charge in [0.2, 0.25) is 0 Å². The van der Waals surface area contributed by atoms with Crippen LogP contribution in [0.5, 0.6) is 11.5 Å². The minimum atomic E-state index is 0.